The zero-order valence-corrected chi connectivity index (χ0v) is 9.71. The van der Waals surface area contributed by atoms with E-state index >= 15 is 0 Å². The van der Waals surface area contributed by atoms with Crippen LogP contribution < -0.4 is 5.32 Å². The highest BCUT2D eigenvalue weighted by molar-refractivity contribution is 4.78. The minimum atomic E-state index is -0.614. The van der Waals surface area contributed by atoms with Crippen LogP contribution in [0, 0.1) is 5.92 Å². The van der Waals surface area contributed by atoms with Gasteiger partial charge in [0.25, 0.3) is 0 Å². The molecule has 0 bridgehead atoms. The normalized spacial score (nSPS) is 15.9. The molecule has 0 heterocycles. The summed E-state index contributed by atoms with van der Waals surface area (Å²) in [6.45, 7) is 7.75. The Bertz CT molecular complexity index is 135. The molecule has 0 aliphatic carbocycles. The van der Waals surface area contributed by atoms with Gasteiger partial charge < -0.3 is 15.5 Å². The molecule has 0 fully saturated rings. The number of rotatable bonds is 8. The lowest BCUT2D eigenvalue weighted by molar-refractivity contribution is 0.0143. The Labute approximate surface area is 87.5 Å². The zero-order chi connectivity index (χ0) is 11.0. The van der Waals surface area contributed by atoms with Crippen LogP contribution in [0.3, 0.4) is 0 Å². The summed E-state index contributed by atoms with van der Waals surface area (Å²) in [4.78, 5) is 0. The Morgan fingerprint density at radius 1 is 1.21 bits per heavy atom. The number of hydrogen-bond acceptors (Lipinski definition) is 3. The highest BCUT2D eigenvalue weighted by Gasteiger charge is 2.23. The number of nitrogens with one attached hydrogen (secondary N) is 1. The fourth-order valence-electron chi connectivity index (χ4n) is 1.08. The van der Waals surface area contributed by atoms with E-state index in [1.807, 2.05) is 20.8 Å². The Hall–Kier alpha value is -0.120. The van der Waals surface area contributed by atoms with Crippen LogP contribution in [0.1, 0.15) is 40.0 Å². The van der Waals surface area contributed by atoms with Crippen molar-refractivity contribution in [3.8, 4) is 0 Å². The molecule has 0 amide bonds. The summed E-state index contributed by atoms with van der Waals surface area (Å²) >= 11 is 0. The van der Waals surface area contributed by atoms with Crippen molar-refractivity contribution in [1.29, 1.82) is 0 Å². The molecule has 0 aromatic heterocycles. The minimum absolute atomic E-state index is 0.271. The van der Waals surface area contributed by atoms with E-state index in [9.17, 15) is 5.11 Å². The van der Waals surface area contributed by atoms with Crippen molar-refractivity contribution < 1.29 is 10.2 Å². The molecule has 0 aliphatic rings. The van der Waals surface area contributed by atoms with Crippen LogP contribution in [-0.2, 0) is 0 Å². The molecular weight excluding hydrogens is 178 g/mol. The lowest BCUT2D eigenvalue weighted by Crippen LogP contribution is -2.42. The topological polar surface area (TPSA) is 52.5 Å². The summed E-state index contributed by atoms with van der Waals surface area (Å²) in [7, 11) is 0. The molecule has 86 valence electrons. The predicted molar refractivity (Wildman–Crippen MR) is 59.3 cm³/mol. The van der Waals surface area contributed by atoms with Crippen molar-refractivity contribution in [2.24, 2.45) is 5.92 Å². The van der Waals surface area contributed by atoms with Gasteiger partial charge in [0, 0.05) is 13.2 Å². The number of aliphatic hydroxyl groups excluding tert-OH is 1. The van der Waals surface area contributed by atoms with Crippen LogP contribution in [0.15, 0.2) is 0 Å². The maximum Gasteiger partial charge on any atom is 0.0766 e. The second kappa shape index (κ2) is 7.21. The van der Waals surface area contributed by atoms with E-state index in [0.717, 1.165) is 25.8 Å². The van der Waals surface area contributed by atoms with Gasteiger partial charge in [0.1, 0.15) is 0 Å². The van der Waals surface area contributed by atoms with Crippen LogP contribution in [0.2, 0.25) is 0 Å². The lowest BCUT2D eigenvalue weighted by atomic mass is 9.92. The van der Waals surface area contributed by atoms with Gasteiger partial charge in [-0.05, 0) is 38.6 Å². The lowest BCUT2D eigenvalue weighted by Gasteiger charge is -2.27. The van der Waals surface area contributed by atoms with Gasteiger partial charge in [0.2, 0.25) is 0 Å². The molecule has 0 radical (unpaired) electrons. The van der Waals surface area contributed by atoms with E-state index in [0.29, 0.717) is 6.54 Å². The molecule has 14 heavy (non-hydrogen) atoms. The minimum Gasteiger partial charge on any atom is -0.396 e. The second-order valence-electron chi connectivity index (χ2n) is 4.47. The van der Waals surface area contributed by atoms with Crippen molar-refractivity contribution in [3.63, 3.8) is 0 Å². The van der Waals surface area contributed by atoms with Gasteiger partial charge >= 0.3 is 0 Å². The summed E-state index contributed by atoms with van der Waals surface area (Å²) < 4.78 is 0. The maximum absolute atomic E-state index is 9.89. The van der Waals surface area contributed by atoms with Gasteiger partial charge in [-0.3, -0.25) is 0 Å². The molecular formula is C11H25NO2. The van der Waals surface area contributed by atoms with Crippen molar-refractivity contribution in [2.75, 3.05) is 19.7 Å². The van der Waals surface area contributed by atoms with Gasteiger partial charge in [-0.15, -0.1) is 0 Å². The van der Waals surface area contributed by atoms with Gasteiger partial charge in [-0.25, -0.2) is 0 Å². The van der Waals surface area contributed by atoms with E-state index in [4.69, 9.17) is 5.11 Å². The van der Waals surface area contributed by atoms with Crippen molar-refractivity contribution in [3.05, 3.63) is 0 Å². The summed E-state index contributed by atoms with van der Waals surface area (Å²) in [6, 6.07) is 0. The van der Waals surface area contributed by atoms with Crippen LogP contribution in [0.25, 0.3) is 0 Å². The highest BCUT2D eigenvalue weighted by Crippen LogP contribution is 2.14. The molecule has 1 unspecified atom stereocenters. The third kappa shape index (κ3) is 6.35. The Balaban J connectivity index is 3.35. The van der Waals surface area contributed by atoms with Crippen LogP contribution in [0.5, 0.6) is 0 Å². The third-order valence-electron chi connectivity index (χ3n) is 2.74. The van der Waals surface area contributed by atoms with Gasteiger partial charge in [-0.2, -0.15) is 0 Å². The van der Waals surface area contributed by atoms with E-state index in [1.54, 1.807) is 0 Å². The van der Waals surface area contributed by atoms with Crippen LogP contribution in [0.4, 0.5) is 0 Å². The molecule has 0 spiro atoms. The fraction of sp³-hybridized carbons (Fsp3) is 1.00. The van der Waals surface area contributed by atoms with Crippen LogP contribution in [-0.4, -0.2) is 35.5 Å². The SMILES string of the molecule is CC(C)C(C)(O)CNCCCCCO. The molecule has 3 nitrogen and oxygen atoms in total. The fourth-order valence-corrected chi connectivity index (χ4v) is 1.08. The highest BCUT2D eigenvalue weighted by atomic mass is 16.3. The summed E-state index contributed by atoms with van der Waals surface area (Å²) in [5.41, 5.74) is -0.614. The number of hydrogen-bond donors (Lipinski definition) is 3. The monoisotopic (exact) mass is 203 g/mol. The molecule has 0 aromatic rings. The molecule has 3 heteroatoms. The van der Waals surface area contributed by atoms with Gasteiger partial charge in [-0.1, -0.05) is 13.8 Å². The molecule has 0 aliphatic heterocycles. The molecule has 0 rings (SSSR count). The first-order valence-corrected chi connectivity index (χ1v) is 5.54. The van der Waals surface area contributed by atoms with Crippen LogP contribution >= 0.6 is 0 Å². The summed E-state index contributed by atoms with van der Waals surface area (Å²) in [5.74, 6) is 0.271. The molecule has 0 saturated heterocycles. The van der Waals surface area contributed by atoms with E-state index in [2.05, 4.69) is 5.32 Å². The first kappa shape index (κ1) is 13.9. The van der Waals surface area contributed by atoms with E-state index < -0.39 is 5.60 Å². The quantitative estimate of drug-likeness (QED) is 0.519. The molecule has 0 saturated carbocycles. The standard InChI is InChI=1S/C11H25NO2/c1-10(2)11(3,14)9-12-7-5-4-6-8-13/h10,12-14H,4-9H2,1-3H3. The number of unbranched alkanes of at least 4 members (excludes halogenated alkanes) is 2. The Morgan fingerprint density at radius 2 is 1.86 bits per heavy atom. The van der Waals surface area contributed by atoms with E-state index in [-0.39, 0.29) is 12.5 Å². The predicted octanol–water partition coefficient (Wildman–Crippen LogP) is 1.15. The maximum atomic E-state index is 9.89. The molecule has 0 aromatic carbocycles. The largest absolute Gasteiger partial charge is 0.396 e. The second-order valence-corrected chi connectivity index (χ2v) is 4.47. The smallest absolute Gasteiger partial charge is 0.0766 e. The van der Waals surface area contributed by atoms with E-state index in [1.165, 1.54) is 0 Å². The zero-order valence-electron chi connectivity index (χ0n) is 9.71. The van der Waals surface area contributed by atoms with Crippen molar-refractivity contribution in [1.82, 2.24) is 5.32 Å². The van der Waals surface area contributed by atoms with Crippen molar-refractivity contribution >= 4 is 0 Å². The first-order chi connectivity index (χ1) is 6.50. The third-order valence-corrected chi connectivity index (χ3v) is 2.74. The van der Waals surface area contributed by atoms with Gasteiger partial charge in [0.15, 0.2) is 0 Å². The molecule has 3 N–H and O–H groups in total. The summed E-state index contributed by atoms with van der Waals surface area (Å²) in [5, 5.41) is 21.7. The summed E-state index contributed by atoms with van der Waals surface area (Å²) in [6.07, 6.45) is 2.99. The first-order valence-electron chi connectivity index (χ1n) is 5.54. The average molecular weight is 203 g/mol. The Kier molecular flexibility index (Phi) is 7.15. The Morgan fingerprint density at radius 3 is 2.36 bits per heavy atom. The molecule has 1 atom stereocenters. The number of aliphatic hydroxyl groups is 2. The average Bonchev–Trinajstić information content (AvgIpc) is 2.10. The van der Waals surface area contributed by atoms with Crippen molar-refractivity contribution in [2.45, 2.75) is 45.6 Å². The van der Waals surface area contributed by atoms with Gasteiger partial charge in [0.05, 0.1) is 5.60 Å².